The van der Waals surface area contributed by atoms with E-state index in [0.29, 0.717) is 10.9 Å². The maximum absolute atomic E-state index is 5.72. The Kier molecular flexibility index (Phi) is 2.17. The highest BCUT2D eigenvalue weighted by molar-refractivity contribution is 6.31. The van der Waals surface area contributed by atoms with Crippen molar-refractivity contribution in [1.29, 1.82) is 0 Å². The van der Waals surface area contributed by atoms with Crippen LogP contribution in [0.2, 0.25) is 5.02 Å². The third-order valence-electron chi connectivity index (χ3n) is 1.24. The lowest BCUT2D eigenvalue weighted by Crippen LogP contribution is -1.99. The van der Waals surface area contributed by atoms with Crippen LogP contribution in [0.4, 0.5) is 0 Å². The zero-order chi connectivity index (χ0) is 7.56. The SMILES string of the molecule is CCn1ncc(Cl)c1OC. The van der Waals surface area contributed by atoms with Crippen LogP contribution in [0.1, 0.15) is 6.92 Å². The number of methoxy groups -OCH3 is 1. The lowest BCUT2D eigenvalue weighted by molar-refractivity contribution is 0.364. The standard InChI is InChI=1S/C6H9ClN2O/c1-3-9-6(10-2)5(7)4-8-9/h4H,3H2,1-2H3. The summed E-state index contributed by atoms with van der Waals surface area (Å²) in [5.74, 6) is 0.629. The molecule has 4 heteroatoms. The van der Waals surface area contributed by atoms with Crippen molar-refractivity contribution in [2.24, 2.45) is 0 Å². The van der Waals surface area contributed by atoms with E-state index in [4.69, 9.17) is 16.3 Å². The highest BCUT2D eigenvalue weighted by Gasteiger charge is 2.05. The van der Waals surface area contributed by atoms with Crippen LogP contribution in [0, 0.1) is 0 Å². The Bertz CT molecular complexity index is 222. The molecular weight excluding hydrogens is 152 g/mol. The van der Waals surface area contributed by atoms with Crippen LogP contribution >= 0.6 is 11.6 Å². The van der Waals surface area contributed by atoms with Crippen LogP contribution in [0.15, 0.2) is 6.20 Å². The maximum Gasteiger partial charge on any atom is 0.230 e. The van der Waals surface area contributed by atoms with Gasteiger partial charge in [-0.25, -0.2) is 4.68 Å². The predicted molar refractivity (Wildman–Crippen MR) is 39.5 cm³/mol. The Morgan fingerprint density at radius 3 is 2.90 bits per heavy atom. The first-order valence-electron chi connectivity index (χ1n) is 3.05. The van der Waals surface area contributed by atoms with Gasteiger partial charge in [0.2, 0.25) is 5.88 Å². The summed E-state index contributed by atoms with van der Waals surface area (Å²) in [7, 11) is 1.58. The molecule has 0 spiro atoms. The van der Waals surface area contributed by atoms with E-state index >= 15 is 0 Å². The van der Waals surface area contributed by atoms with Crippen molar-refractivity contribution in [3.05, 3.63) is 11.2 Å². The minimum atomic E-state index is 0.560. The molecule has 0 amide bonds. The van der Waals surface area contributed by atoms with Gasteiger partial charge in [0.1, 0.15) is 5.02 Å². The maximum atomic E-state index is 5.72. The molecule has 0 aromatic carbocycles. The number of aromatic nitrogens is 2. The summed E-state index contributed by atoms with van der Waals surface area (Å²) >= 11 is 5.72. The molecule has 0 atom stereocenters. The Labute approximate surface area is 64.6 Å². The molecule has 0 saturated heterocycles. The summed E-state index contributed by atoms with van der Waals surface area (Å²) in [6, 6.07) is 0. The molecule has 0 saturated carbocycles. The second-order valence-electron chi connectivity index (χ2n) is 1.82. The van der Waals surface area contributed by atoms with Gasteiger partial charge in [-0.2, -0.15) is 5.10 Å². The summed E-state index contributed by atoms with van der Waals surface area (Å²) in [6.45, 7) is 2.75. The van der Waals surface area contributed by atoms with Gasteiger partial charge in [-0.15, -0.1) is 0 Å². The van der Waals surface area contributed by atoms with Gasteiger partial charge < -0.3 is 4.74 Å². The largest absolute Gasteiger partial charge is 0.480 e. The lowest BCUT2D eigenvalue weighted by Gasteiger charge is -2.01. The zero-order valence-corrected chi connectivity index (χ0v) is 6.72. The van der Waals surface area contributed by atoms with Gasteiger partial charge >= 0.3 is 0 Å². The van der Waals surface area contributed by atoms with Crippen molar-refractivity contribution in [3.8, 4) is 5.88 Å². The first-order chi connectivity index (χ1) is 4.79. The quantitative estimate of drug-likeness (QED) is 0.657. The second-order valence-corrected chi connectivity index (χ2v) is 2.22. The number of hydrogen-bond donors (Lipinski definition) is 0. The average molecular weight is 161 g/mol. The normalized spacial score (nSPS) is 9.90. The molecule has 1 heterocycles. The molecule has 0 radical (unpaired) electrons. The minimum absolute atomic E-state index is 0.560. The van der Waals surface area contributed by atoms with E-state index in [0.717, 1.165) is 6.54 Å². The molecule has 0 N–H and O–H groups in total. The summed E-state index contributed by atoms with van der Waals surface area (Å²) in [4.78, 5) is 0. The first kappa shape index (κ1) is 7.41. The van der Waals surface area contributed by atoms with E-state index in [-0.39, 0.29) is 0 Å². The van der Waals surface area contributed by atoms with E-state index in [1.807, 2.05) is 6.92 Å². The number of aryl methyl sites for hydroxylation is 1. The van der Waals surface area contributed by atoms with Crippen molar-refractivity contribution in [2.45, 2.75) is 13.5 Å². The van der Waals surface area contributed by atoms with Gasteiger partial charge in [0.05, 0.1) is 13.3 Å². The van der Waals surface area contributed by atoms with E-state index in [1.165, 1.54) is 0 Å². The third-order valence-corrected chi connectivity index (χ3v) is 1.50. The fraction of sp³-hybridized carbons (Fsp3) is 0.500. The van der Waals surface area contributed by atoms with Crippen LogP contribution in [-0.4, -0.2) is 16.9 Å². The predicted octanol–water partition coefficient (Wildman–Crippen LogP) is 1.56. The highest BCUT2D eigenvalue weighted by Crippen LogP contribution is 2.22. The molecule has 3 nitrogen and oxygen atoms in total. The van der Waals surface area contributed by atoms with Crippen molar-refractivity contribution in [3.63, 3.8) is 0 Å². The molecule has 0 fully saturated rings. The highest BCUT2D eigenvalue weighted by atomic mass is 35.5. The van der Waals surface area contributed by atoms with Crippen LogP contribution < -0.4 is 4.74 Å². The number of nitrogens with zero attached hydrogens (tertiary/aromatic N) is 2. The van der Waals surface area contributed by atoms with Gasteiger partial charge in [-0.1, -0.05) is 11.6 Å². The molecule has 1 aromatic heterocycles. The first-order valence-corrected chi connectivity index (χ1v) is 3.42. The molecule has 0 aliphatic heterocycles. The lowest BCUT2D eigenvalue weighted by atomic mass is 10.6. The summed E-state index contributed by atoms with van der Waals surface area (Å²) in [6.07, 6.45) is 1.57. The summed E-state index contributed by atoms with van der Waals surface area (Å²) in [5, 5.41) is 4.52. The van der Waals surface area contributed by atoms with Gasteiger partial charge in [-0.3, -0.25) is 0 Å². The molecule has 0 bridgehead atoms. The van der Waals surface area contributed by atoms with E-state index in [1.54, 1.807) is 18.0 Å². The van der Waals surface area contributed by atoms with E-state index in [9.17, 15) is 0 Å². The molecule has 1 aromatic rings. The molecule has 10 heavy (non-hydrogen) atoms. The molecular formula is C6H9ClN2O. The van der Waals surface area contributed by atoms with Crippen molar-refractivity contribution in [2.75, 3.05) is 7.11 Å². The molecule has 0 aliphatic rings. The number of halogens is 1. The summed E-state index contributed by atoms with van der Waals surface area (Å²) < 4.78 is 6.67. The van der Waals surface area contributed by atoms with Crippen LogP contribution in [-0.2, 0) is 6.54 Å². The molecule has 1 rings (SSSR count). The Morgan fingerprint density at radius 2 is 2.50 bits per heavy atom. The Hall–Kier alpha value is -0.700. The Balaban J connectivity index is 3.01. The molecule has 56 valence electrons. The second kappa shape index (κ2) is 2.92. The van der Waals surface area contributed by atoms with Gasteiger partial charge in [0, 0.05) is 6.54 Å². The Morgan fingerprint density at radius 1 is 1.80 bits per heavy atom. The number of ether oxygens (including phenoxy) is 1. The van der Waals surface area contributed by atoms with Gasteiger partial charge in [-0.05, 0) is 6.92 Å². The topological polar surface area (TPSA) is 27.1 Å². The van der Waals surface area contributed by atoms with Gasteiger partial charge in [0.15, 0.2) is 0 Å². The monoisotopic (exact) mass is 160 g/mol. The molecule has 0 aliphatic carbocycles. The number of rotatable bonds is 2. The fourth-order valence-corrected chi connectivity index (χ4v) is 0.998. The van der Waals surface area contributed by atoms with Crippen molar-refractivity contribution < 1.29 is 4.74 Å². The smallest absolute Gasteiger partial charge is 0.230 e. The van der Waals surface area contributed by atoms with E-state index in [2.05, 4.69) is 5.10 Å². The third kappa shape index (κ3) is 1.09. The van der Waals surface area contributed by atoms with Gasteiger partial charge in [0.25, 0.3) is 0 Å². The average Bonchev–Trinajstić information content (AvgIpc) is 2.30. The minimum Gasteiger partial charge on any atom is -0.480 e. The fourth-order valence-electron chi connectivity index (χ4n) is 0.779. The van der Waals surface area contributed by atoms with Crippen LogP contribution in [0.5, 0.6) is 5.88 Å². The summed E-state index contributed by atoms with van der Waals surface area (Å²) in [5.41, 5.74) is 0. The van der Waals surface area contributed by atoms with Crippen LogP contribution in [0.3, 0.4) is 0 Å². The van der Waals surface area contributed by atoms with Crippen molar-refractivity contribution >= 4 is 11.6 Å². The molecule has 0 unspecified atom stereocenters. The van der Waals surface area contributed by atoms with Crippen molar-refractivity contribution in [1.82, 2.24) is 9.78 Å². The van der Waals surface area contributed by atoms with E-state index < -0.39 is 0 Å². The van der Waals surface area contributed by atoms with Crippen LogP contribution in [0.25, 0.3) is 0 Å². The zero-order valence-electron chi connectivity index (χ0n) is 5.97. The number of hydrogen-bond acceptors (Lipinski definition) is 2.